The second-order valence-electron chi connectivity index (χ2n) is 8.81. The number of piperazine rings is 1. The highest BCUT2D eigenvalue weighted by Crippen LogP contribution is 2.42. The van der Waals surface area contributed by atoms with Crippen LogP contribution in [0.1, 0.15) is 18.4 Å². The maximum atomic E-state index is 12.6. The highest BCUT2D eigenvalue weighted by Gasteiger charge is 2.22. The Morgan fingerprint density at radius 3 is 1.82 bits per heavy atom. The number of nitrogens with one attached hydrogen (secondary N) is 2. The van der Waals surface area contributed by atoms with E-state index in [1.165, 1.54) is 22.7 Å². The molecule has 4 heterocycles. The zero-order chi connectivity index (χ0) is 23.8. The topological polar surface area (TPSA) is 93.7 Å². The second-order valence-corrected chi connectivity index (χ2v) is 11.2. The Labute approximate surface area is 211 Å². The number of aromatic nitrogens is 2. The largest absolute Gasteiger partial charge is 0.352 e. The lowest BCUT2D eigenvalue weighted by molar-refractivity contribution is -0.131. The molecule has 2 aromatic heterocycles. The van der Waals surface area contributed by atoms with Crippen LogP contribution < -0.4 is 10.6 Å². The van der Waals surface area contributed by atoms with E-state index in [0.717, 1.165) is 67.1 Å². The van der Waals surface area contributed by atoms with Crippen LogP contribution >= 0.6 is 34.3 Å². The highest BCUT2D eigenvalue weighted by atomic mass is 35.5. The van der Waals surface area contributed by atoms with Crippen molar-refractivity contribution in [3.05, 3.63) is 10.6 Å². The normalized spacial score (nSPS) is 17.1. The van der Waals surface area contributed by atoms with Crippen LogP contribution in [-0.4, -0.2) is 95.9 Å². The number of likely N-dealkylation sites (N-methyl/N-ethyl adjacent to an activating group) is 1. The van der Waals surface area contributed by atoms with Gasteiger partial charge in [0.25, 0.3) is 0 Å². The Morgan fingerprint density at radius 1 is 0.853 bits per heavy atom. The molecule has 0 unspecified atom stereocenters. The van der Waals surface area contributed by atoms with E-state index in [-0.39, 0.29) is 24.9 Å². The molecule has 1 aromatic carbocycles. The maximum absolute atomic E-state index is 12.6. The predicted octanol–water partition coefficient (Wildman–Crippen LogP) is 3.09. The molecule has 34 heavy (non-hydrogen) atoms. The summed E-state index contributed by atoms with van der Waals surface area (Å²) < 4.78 is 1.97. The van der Waals surface area contributed by atoms with E-state index >= 15 is 0 Å². The fourth-order valence-corrected chi connectivity index (χ4v) is 6.76. The molecule has 0 saturated carbocycles. The van der Waals surface area contributed by atoms with Crippen LogP contribution in [0.5, 0.6) is 0 Å². The molecular formula is C22H28ClN7O2S2. The van der Waals surface area contributed by atoms with Gasteiger partial charge < -0.3 is 25.3 Å². The van der Waals surface area contributed by atoms with Gasteiger partial charge in [-0.05, 0) is 32.4 Å². The van der Waals surface area contributed by atoms with E-state index in [9.17, 15) is 9.59 Å². The molecule has 0 bridgehead atoms. The van der Waals surface area contributed by atoms with Crippen molar-refractivity contribution in [3.63, 3.8) is 0 Å². The summed E-state index contributed by atoms with van der Waals surface area (Å²) >= 11 is 9.71. The molecular weight excluding hydrogens is 494 g/mol. The van der Waals surface area contributed by atoms with Crippen LogP contribution in [-0.2, 0) is 9.59 Å². The molecule has 12 heteroatoms. The highest BCUT2D eigenvalue weighted by molar-refractivity contribution is 7.25. The first-order valence-electron chi connectivity index (χ1n) is 11.5. The van der Waals surface area contributed by atoms with Crippen LogP contribution in [0.2, 0.25) is 5.02 Å². The van der Waals surface area contributed by atoms with E-state index in [1.807, 2.05) is 16.7 Å². The van der Waals surface area contributed by atoms with E-state index in [1.54, 1.807) is 0 Å². The van der Waals surface area contributed by atoms with E-state index in [4.69, 9.17) is 11.6 Å². The SMILES string of the molecule is Cc1c2sc(NCC(=O)N3CCCC3)nc2c(Cl)c2nc(NCC(=O)N3CCN(C)CC3)sc12. The summed E-state index contributed by atoms with van der Waals surface area (Å²) in [5.74, 6) is 0.182. The van der Waals surface area contributed by atoms with Crippen LogP contribution in [0.4, 0.5) is 10.3 Å². The van der Waals surface area contributed by atoms with Crippen molar-refractivity contribution in [3.8, 4) is 0 Å². The number of carbonyl (C=O) groups is 2. The second kappa shape index (κ2) is 9.80. The average molecular weight is 522 g/mol. The molecule has 2 fully saturated rings. The number of aryl methyl sites for hydroxylation is 1. The van der Waals surface area contributed by atoms with Crippen LogP contribution in [0.3, 0.4) is 0 Å². The Kier molecular flexibility index (Phi) is 6.79. The first kappa shape index (κ1) is 23.5. The maximum Gasteiger partial charge on any atom is 0.242 e. The van der Waals surface area contributed by atoms with E-state index < -0.39 is 0 Å². The van der Waals surface area contributed by atoms with Gasteiger partial charge in [0.1, 0.15) is 11.0 Å². The number of rotatable bonds is 6. The third kappa shape index (κ3) is 4.66. The quantitative estimate of drug-likeness (QED) is 0.515. The van der Waals surface area contributed by atoms with Crippen molar-refractivity contribution in [1.29, 1.82) is 0 Å². The van der Waals surface area contributed by atoms with Gasteiger partial charge in [-0.25, -0.2) is 9.97 Å². The van der Waals surface area contributed by atoms with E-state index in [0.29, 0.717) is 26.3 Å². The number of benzene rings is 1. The lowest BCUT2D eigenvalue weighted by atomic mass is 10.2. The number of anilines is 2. The van der Waals surface area contributed by atoms with Crippen molar-refractivity contribution in [1.82, 2.24) is 24.7 Å². The number of nitrogens with zero attached hydrogens (tertiary/aromatic N) is 5. The lowest BCUT2D eigenvalue weighted by Crippen LogP contribution is -2.48. The summed E-state index contributed by atoms with van der Waals surface area (Å²) in [6.45, 7) is 7.46. The molecule has 5 rings (SSSR count). The van der Waals surface area contributed by atoms with Crippen molar-refractivity contribution in [2.24, 2.45) is 0 Å². The predicted molar refractivity (Wildman–Crippen MR) is 139 cm³/mol. The number of carbonyl (C=O) groups excluding carboxylic acids is 2. The Balaban J connectivity index is 1.29. The van der Waals surface area contributed by atoms with Crippen molar-refractivity contribution in [2.45, 2.75) is 19.8 Å². The zero-order valence-corrected chi connectivity index (χ0v) is 21.7. The minimum atomic E-state index is 0.0806. The van der Waals surface area contributed by atoms with Gasteiger partial charge >= 0.3 is 0 Å². The standard InChI is InChI=1S/C22H28ClN7O2S2/c1-13-19-17(26-21(33-19)24-11-14(31)29-5-3-4-6-29)16(23)18-20(13)34-22(27-18)25-12-15(32)30-9-7-28(2)8-10-30/h3-12H2,1-2H3,(H,24,26)(H,25,27). The summed E-state index contributed by atoms with van der Waals surface area (Å²) in [4.78, 5) is 40.2. The molecule has 2 N–H and O–H groups in total. The fraction of sp³-hybridized carbons (Fsp3) is 0.545. The zero-order valence-electron chi connectivity index (χ0n) is 19.3. The number of fused-ring (bicyclic) bond motifs is 2. The lowest BCUT2D eigenvalue weighted by Gasteiger charge is -2.32. The number of hydrogen-bond donors (Lipinski definition) is 2. The van der Waals surface area contributed by atoms with Gasteiger partial charge in [-0.15, -0.1) is 0 Å². The molecule has 2 aliphatic rings. The van der Waals surface area contributed by atoms with Gasteiger partial charge in [-0.1, -0.05) is 34.3 Å². The molecule has 2 saturated heterocycles. The molecule has 9 nitrogen and oxygen atoms in total. The van der Waals surface area contributed by atoms with Crippen molar-refractivity contribution >= 4 is 76.8 Å². The Bertz CT molecular complexity index is 1170. The minimum Gasteiger partial charge on any atom is -0.352 e. The first-order chi connectivity index (χ1) is 16.4. The van der Waals surface area contributed by atoms with Crippen molar-refractivity contribution < 1.29 is 9.59 Å². The van der Waals surface area contributed by atoms with Gasteiger partial charge in [0, 0.05) is 39.3 Å². The summed E-state index contributed by atoms with van der Waals surface area (Å²) in [6, 6.07) is 0. The number of thiazole rings is 2. The summed E-state index contributed by atoms with van der Waals surface area (Å²) in [5, 5.41) is 8.22. The third-order valence-electron chi connectivity index (χ3n) is 6.45. The first-order valence-corrected chi connectivity index (χ1v) is 13.5. The minimum absolute atomic E-state index is 0.0806. The summed E-state index contributed by atoms with van der Waals surface area (Å²) in [7, 11) is 2.07. The van der Waals surface area contributed by atoms with Gasteiger partial charge in [0.2, 0.25) is 11.8 Å². The summed E-state index contributed by atoms with van der Waals surface area (Å²) in [6.07, 6.45) is 2.15. The van der Waals surface area contributed by atoms with Gasteiger partial charge in [-0.3, -0.25) is 9.59 Å². The van der Waals surface area contributed by atoms with E-state index in [2.05, 4.69) is 32.5 Å². The molecule has 0 atom stereocenters. The van der Waals surface area contributed by atoms with Gasteiger partial charge in [-0.2, -0.15) is 0 Å². The Hall–Kier alpha value is -2.21. The van der Waals surface area contributed by atoms with Crippen LogP contribution in [0.25, 0.3) is 20.4 Å². The Morgan fingerprint density at radius 2 is 1.32 bits per heavy atom. The fourth-order valence-electron chi connectivity index (χ4n) is 4.36. The number of amides is 2. The van der Waals surface area contributed by atoms with Crippen molar-refractivity contribution in [2.75, 3.05) is 70.0 Å². The molecule has 0 aliphatic carbocycles. The molecule has 0 spiro atoms. The van der Waals surface area contributed by atoms with Gasteiger partial charge in [0.05, 0.1) is 27.5 Å². The molecule has 0 radical (unpaired) electrons. The number of hydrogen-bond acceptors (Lipinski definition) is 9. The summed E-state index contributed by atoms with van der Waals surface area (Å²) in [5.41, 5.74) is 2.44. The number of halogens is 1. The molecule has 2 amide bonds. The third-order valence-corrected chi connectivity index (χ3v) is 9.07. The van der Waals surface area contributed by atoms with Crippen LogP contribution in [0, 0.1) is 6.92 Å². The van der Waals surface area contributed by atoms with Gasteiger partial charge in [0.15, 0.2) is 10.3 Å². The molecule has 2 aliphatic heterocycles. The smallest absolute Gasteiger partial charge is 0.242 e. The van der Waals surface area contributed by atoms with Crippen LogP contribution in [0.15, 0.2) is 0 Å². The number of likely N-dealkylation sites (tertiary alicyclic amines) is 1. The monoisotopic (exact) mass is 521 g/mol. The molecule has 3 aromatic rings. The molecule has 182 valence electrons. The average Bonchev–Trinajstić information content (AvgIpc) is 3.59.